The van der Waals surface area contributed by atoms with Gasteiger partial charge >= 0.3 is 0 Å². The molecule has 0 radical (unpaired) electrons. The molecule has 118 valence electrons. The van der Waals surface area contributed by atoms with E-state index < -0.39 is 5.72 Å². The molecular weight excluding hydrogens is 304 g/mol. The summed E-state index contributed by atoms with van der Waals surface area (Å²) in [6.45, 7) is 1.70. The van der Waals surface area contributed by atoms with E-state index in [1.165, 1.54) is 4.90 Å². The van der Waals surface area contributed by atoms with E-state index in [2.05, 4.69) is 46.5 Å². The van der Waals surface area contributed by atoms with E-state index in [4.69, 9.17) is 0 Å². The molecule has 0 bridgehead atoms. The van der Waals surface area contributed by atoms with E-state index in [1.54, 1.807) is 11.8 Å². The maximum absolute atomic E-state index is 11.6. The van der Waals surface area contributed by atoms with Gasteiger partial charge in [0, 0.05) is 35.5 Å². The first-order chi connectivity index (χ1) is 11.2. The van der Waals surface area contributed by atoms with Gasteiger partial charge in [0.2, 0.25) is 0 Å². The van der Waals surface area contributed by atoms with Crippen LogP contribution in [0.3, 0.4) is 0 Å². The molecule has 0 aliphatic carbocycles. The molecule has 2 aliphatic rings. The minimum atomic E-state index is -0.989. The topological polar surface area (TPSA) is 35.8 Å². The largest absolute Gasteiger partial charge is 0.366 e. The molecule has 3 nitrogen and oxygen atoms in total. The quantitative estimate of drug-likeness (QED) is 0.880. The van der Waals surface area contributed by atoms with Gasteiger partial charge in [-0.1, -0.05) is 36.4 Å². The third-order valence-corrected chi connectivity index (χ3v) is 5.46. The Labute approximate surface area is 141 Å². The Balaban J connectivity index is 1.75. The summed E-state index contributed by atoms with van der Waals surface area (Å²) in [5, 5.41) is 11.6. The van der Waals surface area contributed by atoms with E-state index in [9.17, 15) is 5.11 Å². The summed E-state index contributed by atoms with van der Waals surface area (Å²) in [5.74, 6) is 0.954. The lowest BCUT2D eigenvalue weighted by Gasteiger charge is -2.37. The number of aliphatic hydroxyl groups is 1. The van der Waals surface area contributed by atoms with Gasteiger partial charge in [0.15, 0.2) is 5.72 Å². The van der Waals surface area contributed by atoms with Crippen LogP contribution in [0, 0.1) is 0 Å². The summed E-state index contributed by atoms with van der Waals surface area (Å²) in [6.07, 6.45) is 3.65. The molecule has 0 amide bonds. The highest BCUT2D eigenvalue weighted by Crippen LogP contribution is 2.41. The number of thioether (sulfide) groups is 1. The number of rotatable bonds is 3. The van der Waals surface area contributed by atoms with Gasteiger partial charge < -0.3 is 10.0 Å². The van der Waals surface area contributed by atoms with Gasteiger partial charge in [0.1, 0.15) is 5.84 Å². The lowest BCUT2D eigenvalue weighted by Crippen LogP contribution is -2.47. The smallest absolute Gasteiger partial charge is 0.170 e. The molecule has 0 saturated heterocycles. The molecule has 0 fully saturated rings. The lowest BCUT2D eigenvalue weighted by atomic mass is 9.94. The molecule has 1 N–H and O–H groups in total. The molecule has 0 saturated carbocycles. The van der Waals surface area contributed by atoms with Gasteiger partial charge in [-0.05, 0) is 30.4 Å². The van der Waals surface area contributed by atoms with E-state index in [0.29, 0.717) is 6.42 Å². The van der Waals surface area contributed by atoms with E-state index >= 15 is 0 Å². The van der Waals surface area contributed by atoms with Gasteiger partial charge in [-0.15, -0.1) is 11.8 Å². The third kappa shape index (κ3) is 2.37. The highest BCUT2D eigenvalue weighted by Gasteiger charge is 2.47. The summed E-state index contributed by atoms with van der Waals surface area (Å²) in [6, 6.07) is 16.6. The van der Waals surface area contributed by atoms with Crippen molar-refractivity contribution >= 4 is 17.6 Å². The summed E-state index contributed by atoms with van der Waals surface area (Å²) in [5.41, 5.74) is 2.22. The molecule has 2 aromatic rings. The van der Waals surface area contributed by atoms with E-state index in [-0.39, 0.29) is 0 Å². The SMILES string of the molecule is CSc1ccc(CC2(O)c3ccccc3C3=NCCCN32)cc1. The Morgan fingerprint density at radius 3 is 2.74 bits per heavy atom. The average Bonchev–Trinajstić information content (AvgIpc) is 2.86. The first-order valence-corrected chi connectivity index (χ1v) is 9.22. The molecule has 2 aliphatic heterocycles. The number of nitrogens with zero attached hydrogens (tertiary/aromatic N) is 2. The van der Waals surface area contributed by atoms with Gasteiger partial charge in [-0.2, -0.15) is 0 Å². The van der Waals surface area contributed by atoms with Gasteiger partial charge in [-0.3, -0.25) is 4.99 Å². The predicted molar refractivity (Wildman–Crippen MR) is 95.0 cm³/mol. The highest BCUT2D eigenvalue weighted by atomic mass is 32.2. The fourth-order valence-corrected chi connectivity index (χ4v) is 4.00. The number of benzene rings is 2. The maximum Gasteiger partial charge on any atom is 0.170 e. The van der Waals surface area contributed by atoms with Crippen LogP contribution in [-0.2, 0) is 12.1 Å². The second kappa shape index (κ2) is 5.69. The molecule has 2 heterocycles. The normalized spacial score (nSPS) is 22.5. The van der Waals surface area contributed by atoms with Crippen LogP contribution < -0.4 is 0 Å². The standard InChI is InChI=1S/C19H20N2OS/c1-23-15-9-7-14(8-10-15)13-19(22)17-6-3-2-5-16(17)18-20-11-4-12-21(18)19/h2-3,5-10,22H,4,11-13H2,1H3. The van der Waals surface area contributed by atoms with Crippen LogP contribution in [0.15, 0.2) is 58.4 Å². The molecule has 1 atom stereocenters. The van der Waals surface area contributed by atoms with Crippen LogP contribution >= 0.6 is 11.8 Å². The van der Waals surface area contributed by atoms with Gasteiger partial charge in [0.05, 0.1) is 0 Å². The lowest BCUT2D eigenvalue weighted by molar-refractivity contribution is -0.0704. The van der Waals surface area contributed by atoms with Crippen LogP contribution in [0.1, 0.15) is 23.1 Å². The first-order valence-electron chi connectivity index (χ1n) is 8.00. The molecule has 2 aromatic carbocycles. The van der Waals surface area contributed by atoms with Gasteiger partial charge in [0.25, 0.3) is 0 Å². The summed E-state index contributed by atoms with van der Waals surface area (Å²) >= 11 is 1.73. The Morgan fingerprint density at radius 1 is 1.17 bits per heavy atom. The summed E-state index contributed by atoms with van der Waals surface area (Å²) in [4.78, 5) is 8.01. The van der Waals surface area contributed by atoms with Crippen molar-refractivity contribution in [1.82, 2.24) is 4.90 Å². The number of hydrogen-bond donors (Lipinski definition) is 1. The zero-order chi connectivity index (χ0) is 15.9. The zero-order valence-corrected chi connectivity index (χ0v) is 14.0. The predicted octanol–water partition coefficient (Wildman–Crippen LogP) is 3.26. The molecule has 1 unspecified atom stereocenters. The van der Waals surface area contributed by atoms with Crippen molar-refractivity contribution in [3.05, 3.63) is 65.2 Å². The van der Waals surface area contributed by atoms with Crippen molar-refractivity contribution in [1.29, 1.82) is 0 Å². The van der Waals surface area contributed by atoms with E-state index in [1.807, 2.05) is 18.2 Å². The minimum absolute atomic E-state index is 0.581. The number of hydrogen-bond acceptors (Lipinski definition) is 4. The van der Waals surface area contributed by atoms with Crippen molar-refractivity contribution in [3.8, 4) is 0 Å². The van der Waals surface area contributed by atoms with Crippen LogP contribution in [0.2, 0.25) is 0 Å². The Morgan fingerprint density at radius 2 is 1.96 bits per heavy atom. The van der Waals surface area contributed by atoms with Crippen LogP contribution in [0.25, 0.3) is 0 Å². The monoisotopic (exact) mass is 324 g/mol. The molecule has 4 rings (SSSR count). The van der Waals surface area contributed by atoms with Crippen LogP contribution in [0.4, 0.5) is 0 Å². The fraction of sp³-hybridized carbons (Fsp3) is 0.316. The van der Waals surface area contributed by atoms with Crippen molar-refractivity contribution in [2.75, 3.05) is 19.3 Å². The molecule has 0 spiro atoms. The van der Waals surface area contributed by atoms with Crippen molar-refractivity contribution in [2.45, 2.75) is 23.5 Å². The first kappa shape index (κ1) is 14.8. The van der Waals surface area contributed by atoms with Crippen molar-refractivity contribution < 1.29 is 5.11 Å². The summed E-state index contributed by atoms with van der Waals surface area (Å²) in [7, 11) is 0. The Bertz CT molecular complexity index is 756. The fourth-order valence-electron chi connectivity index (χ4n) is 3.59. The average molecular weight is 324 g/mol. The number of fused-ring (bicyclic) bond motifs is 3. The van der Waals surface area contributed by atoms with Crippen LogP contribution in [-0.4, -0.2) is 35.2 Å². The molecule has 4 heteroatoms. The van der Waals surface area contributed by atoms with Gasteiger partial charge in [-0.25, -0.2) is 0 Å². The van der Waals surface area contributed by atoms with Crippen molar-refractivity contribution in [2.24, 2.45) is 4.99 Å². The summed E-state index contributed by atoms with van der Waals surface area (Å²) < 4.78 is 0. The Kier molecular flexibility index (Phi) is 3.66. The van der Waals surface area contributed by atoms with E-state index in [0.717, 1.165) is 42.0 Å². The Hall–Kier alpha value is -1.78. The second-order valence-corrected chi connectivity index (χ2v) is 6.98. The highest BCUT2D eigenvalue weighted by molar-refractivity contribution is 7.98. The van der Waals surface area contributed by atoms with Crippen molar-refractivity contribution in [3.63, 3.8) is 0 Å². The number of aliphatic imine (C=N–C) groups is 1. The zero-order valence-electron chi connectivity index (χ0n) is 13.2. The molecule has 23 heavy (non-hydrogen) atoms. The third-order valence-electron chi connectivity index (χ3n) is 4.71. The molecule has 0 aromatic heterocycles. The van der Waals surface area contributed by atoms with Crippen LogP contribution in [0.5, 0.6) is 0 Å². The molecular formula is C19H20N2OS. The minimum Gasteiger partial charge on any atom is -0.366 e. The maximum atomic E-state index is 11.6. The second-order valence-electron chi connectivity index (χ2n) is 6.10. The number of amidine groups is 1.